The predicted octanol–water partition coefficient (Wildman–Crippen LogP) is 3.32. The summed E-state index contributed by atoms with van der Waals surface area (Å²) in [4.78, 5) is 1.29. The molecular formula is C19H23NO4S2. The molecule has 140 valence electrons. The van der Waals surface area contributed by atoms with Crippen LogP contribution in [0.4, 0.5) is 0 Å². The third-order valence-electron chi connectivity index (χ3n) is 4.42. The van der Waals surface area contributed by atoms with Crippen molar-refractivity contribution in [3.8, 4) is 5.75 Å². The Kier molecular flexibility index (Phi) is 6.24. The van der Waals surface area contributed by atoms with Crippen molar-refractivity contribution in [2.24, 2.45) is 0 Å². The molecule has 1 aliphatic rings. The molecule has 0 amide bonds. The minimum Gasteiger partial charge on any atom is -0.495 e. The summed E-state index contributed by atoms with van der Waals surface area (Å²) < 4.78 is 38.9. The van der Waals surface area contributed by atoms with E-state index in [1.54, 1.807) is 36.0 Å². The van der Waals surface area contributed by atoms with Crippen molar-refractivity contribution >= 4 is 21.8 Å². The molecule has 1 N–H and O–H groups in total. The summed E-state index contributed by atoms with van der Waals surface area (Å²) >= 11 is 1.72. The van der Waals surface area contributed by atoms with Crippen LogP contribution in [0.2, 0.25) is 0 Å². The Bertz CT molecular complexity index is 818. The maximum atomic E-state index is 12.8. The first-order chi connectivity index (χ1) is 12.5. The van der Waals surface area contributed by atoms with Gasteiger partial charge in [-0.15, -0.1) is 11.8 Å². The van der Waals surface area contributed by atoms with Gasteiger partial charge < -0.3 is 9.47 Å². The molecule has 0 aromatic heterocycles. The zero-order valence-corrected chi connectivity index (χ0v) is 16.3. The second-order valence-electron chi connectivity index (χ2n) is 6.19. The summed E-state index contributed by atoms with van der Waals surface area (Å²) in [6.45, 7) is 1.61. The quantitative estimate of drug-likeness (QED) is 0.782. The van der Waals surface area contributed by atoms with Crippen LogP contribution in [0, 0.1) is 0 Å². The van der Waals surface area contributed by atoms with Gasteiger partial charge in [-0.05, 0) is 37.1 Å². The number of nitrogens with one attached hydrogen (secondary N) is 1. The van der Waals surface area contributed by atoms with Crippen LogP contribution in [0.5, 0.6) is 5.75 Å². The van der Waals surface area contributed by atoms with Gasteiger partial charge >= 0.3 is 0 Å². The maximum Gasteiger partial charge on any atom is 0.244 e. The van der Waals surface area contributed by atoms with Crippen LogP contribution in [-0.4, -0.2) is 40.0 Å². The van der Waals surface area contributed by atoms with Crippen LogP contribution >= 0.6 is 11.8 Å². The molecule has 5 nitrogen and oxygen atoms in total. The smallest absolute Gasteiger partial charge is 0.244 e. The van der Waals surface area contributed by atoms with Crippen molar-refractivity contribution in [2.75, 3.05) is 26.9 Å². The Morgan fingerprint density at radius 2 is 1.73 bits per heavy atom. The van der Waals surface area contributed by atoms with Crippen molar-refractivity contribution in [3.63, 3.8) is 0 Å². The monoisotopic (exact) mass is 393 g/mol. The lowest BCUT2D eigenvalue weighted by Gasteiger charge is -2.36. The van der Waals surface area contributed by atoms with E-state index in [1.807, 2.05) is 18.2 Å². The third kappa shape index (κ3) is 4.59. The van der Waals surface area contributed by atoms with E-state index in [0.717, 1.165) is 17.7 Å². The summed E-state index contributed by atoms with van der Waals surface area (Å²) in [6, 6.07) is 16.7. The van der Waals surface area contributed by atoms with E-state index in [4.69, 9.17) is 9.47 Å². The molecule has 0 unspecified atom stereocenters. The number of rotatable bonds is 7. The molecule has 0 bridgehead atoms. The van der Waals surface area contributed by atoms with Crippen LogP contribution in [0.15, 0.2) is 64.4 Å². The highest BCUT2D eigenvalue weighted by Gasteiger charge is 2.35. The Hall–Kier alpha value is -1.54. The average Bonchev–Trinajstić information content (AvgIpc) is 2.68. The van der Waals surface area contributed by atoms with Crippen molar-refractivity contribution in [3.05, 3.63) is 54.6 Å². The first-order valence-electron chi connectivity index (χ1n) is 8.49. The number of thioether (sulfide) groups is 1. The molecule has 2 aromatic carbocycles. The molecule has 1 saturated heterocycles. The zero-order chi connectivity index (χ0) is 18.5. The van der Waals surface area contributed by atoms with Gasteiger partial charge in [-0.3, -0.25) is 0 Å². The van der Waals surface area contributed by atoms with E-state index in [2.05, 4.69) is 16.9 Å². The van der Waals surface area contributed by atoms with Gasteiger partial charge in [-0.1, -0.05) is 30.3 Å². The number of methoxy groups -OCH3 is 1. The number of benzene rings is 2. The van der Waals surface area contributed by atoms with E-state index >= 15 is 0 Å². The van der Waals surface area contributed by atoms with Gasteiger partial charge in [-0.25, -0.2) is 13.1 Å². The molecule has 0 saturated carbocycles. The lowest BCUT2D eigenvalue weighted by molar-refractivity contribution is 0.0784. The van der Waals surface area contributed by atoms with Gasteiger partial charge in [0.05, 0.1) is 7.11 Å². The molecule has 0 atom stereocenters. The molecule has 0 spiro atoms. The van der Waals surface area contributed by atoms with Crippen LogP contribution in [-0.2, 0) is 14.8 Å². The number of sulfonamides is 1. The fourth-order valence-corrected chi connectivity index (χ4v) is 5.64. The first-order valence-corrected chi connectivity index (χ1v) is 10.8. The lowest BCUT2D eigenvalue weighted by Crippen LogP contribution is -2.44. The van der Waals surface area contributed by atoms with Gasteiger partial charge in [-0.2, -0.15) is 0 Å². The number of hydrogen-bond donors (Lipinski definition) is 1. The van der Waals surface area contributed by atoms with Gasteiger partial charge in [0.1, 0.15) is 10.6 Å². The number of ether oxygens (including phenoxy) is 2. The van der Waals surface area contributed by atoms with Crippen LogP contribution in [0.3, 0.4) is 0 Å². The normalized spacial score (nSPS) is 17.0. The van der Waals surface area contributed by atoms with Gasteiger partial charge in [0.15, 0.2) is 0 Å². The van der Waals surface area contributed by atoms with Crippen molar-refractivity contribution < 1.29 is 17.9 Å². The summed E-state index contributed by atoms with van der Waals surface area (Å²) in [5.41, 5.74) is 0. The van der Waals surface area contributed by atoms with E-state index in [9.17, 15) is 8.42 Å². The van der Waals surface area contributed by atoms with Crippen molar-refractivity contribution in [1.82, 2.24) is 4.72 Å². The Morgan fingerprint density at radius 3 is 2.42 bits per heavy atom. The fourth-order valence-electron chi connectivity index (χ4n) is 2.94. The molecule has 1 heterocycles. The van der Waals surface area contributed by atoms with Crippen LogP contribution < -0.4 is 9.46 Å². The van der Waals surface area contributed by atoms with E-state index in [1.165, 1.54) is 7.11 Å². The molecule has 3 rings (SSSR count). The lowest BCUT2D eigenvalue weighted by atomic mass is 9.99. The molecule has 1 fully saturated rings. The maximum absolute atomic E-state index is 12.8. The number of para-hydroxylation sites is 1. The first kappa shape index (κ1) is 19.2. The SMILES string of the molecule is COc1ccccc1S(=O)(=O)NCC1(Sc2ccccc2)CCOCC1. The minimum absolute atomic E-state index is 0.162. The summed E-state index contributed by atoms with van der Waals surface area (Å²) in [5, 5.41) is 0. The Labute approximate surface area is 159 Å². The van der Waals surface area contributed by atoms with Crippen LogP contribution in [0.1, 0.15) is 12.8 Å². The molecular weight excluding hydrogens is 370 g/mol. The molecule has 0 radical (unpaired) electrons. The molecule has 1 aliphatic heterocycles. The second-order valence-corrected chi connectivity index (χ2v) is 9.46. The standard InChI is InChI=1S/C19H23NO4S2/c1-23-17-9-5-6-10-18(17)26(21,22)20-15-19(11-13-24-14-12-19)25-16-7-3-2-4-8-16/h2-10,20H,11-15H2,1H3. The highest BCUT2D eigenvalue weighted by atomic mass is 32.2. The third-order valence-corrected chi connectivity index (χ3v) is 7.36. The Balaban J connectivity index is 1.79. The van der Waals surface area contributed by atoms with Gasteiger partial charge in [0.2, 0.25) is 10.0 Å². The van der Waals surface area contributed by atoms with Crippen molar-refractivity contribution in [1.29, 1.82) is 0 Å². The highest BCUT2D eigenvalue weighted by molar-refractivity contribution is 8.00. The molecule has 7 heteroatoms. The van der Waals surface area contributed by atoms with E-state index in [0.29, 0.717) is 25.5 Å². The summed E-state index contributed by atoms with van der Waals surface area (Å²) in [5.74, 6) is 0.344. The second kappa shape index (κ2) is 8.43. The van der Waals surface area contributed by atoms with Gasteiger partial charge in [0, 0.05) is 29.4 Å². The largest absolute Gasteiger partial charge is 0.495 e. The van der Waals surface area contributed by atoms with Crippen molar-refractivity contribution in [2.45, 2.75) is 27.4 Å². The Morgan fingerprint density at radius 1 is 1.08 bits per heavy atom. The van der Waals surface area contributed by atoms with Gasteiger partial charge in [0.25, 0.3) is 0 Å². The summed E-state index contributed by atoms with van der Waals surface area (Å²) in [6.07, 6.45) is 1.59. The average molecular weight is 394 g/mol. The van der Waals surface area contributed by atoms with E-state index < -0.39 is 10.0 Å². The van der Waals surface area contributed by atoms with Crippen LogP contribution in [0.25, 0.3) is 0 Å². The predicted molar refractivity (Wildman–Crippen MR) is 103 cm³/mol. The molecule has 2 aromatic rings. The highest BCUT2D eigenvalue weighted by Crippen LogP contribution is 2.40. The molecule has 0 aliphatic carbocycles. The molecule has 26 heavy (non-hydrogen) atoms. The van der Waals surface area contributed by atoms with E-state index in [-0.39, 0.29) is 9.64 Å². The fraction of sp³-hybridized carbons (Fsp3) is 0.368. The minimum atomic E-state index is -3.66. The number of hydrogen-bond acceptors (Lipinski definition) is 5. The topological polar surface area (TPSA) is 64.6 Å². The summed E-state index contributed by atoms with van der Waals surface area (Å²) in [7, 11) is -2.19. The zero-order valence-electron chi connectivity index (χ0n) is 14.7.